The molecule has 4 aromatic heterocycles. The fraction of sp³-hybridized carbons (Fsp3) is 0. The van der Waals surface area contributed by atoms with Crippen molar-refractivity contribution in [1.29, 1.82) is 0 Å². The molecule has 10 rings (SSSR count). The van der Waals surface area contributed by atoms with Gasteiger partial charge in [0.15, 0.2) is 0 Å². The molecule has 0 spiro atoms. The topological polar surface area (TPSA) is 41.5 Å². The van der Waals surface area contributed by atoms with Gasteiger partial charge in [-0.2, -0.15) is 0 Å². The molecule has 53 heavy (non-hydrogen) atoms. The Hall–Kier alpha value is -6.54. The first kappa shape index (κ1) is 31.2. The summed E-state index contributed by atoms with van der Waals surface area (Å²) >= 11 is 3.52. The lowest BCUT2D eigenvalue weighted by atomic mass is 10.1. The van der Waals surface area contributed by atoms with Crippen LogP contribution in [0.3, 0.4) is 0 Å². The Kier molecular flexibility index (Phi) is 7.78. The average molecular weight is 719 g/mol. The number of benzene rings is 6. The molecule has 0 fully saturated rings. The van der Waals surface area contributed by atoms with Crippen molar-refractivity contribution in [3.05, 3.63) is 182 Å². The maximum Gasteiger partial charge on any atom is 0.147 e. The number of hydrogen-bond acceptors (Lipinski definition) is 7. The Morgan fingerprint density at radius 2 is 0.792 bits per heavy atom. The molecule has 0 amide bonds. The fourth-order valence-electron chi connectivity index (χ4n) is 7.04. The summed E-state index contributed by atoms with van der Waals surface area (Å²) in [5.41, 5.74) is 3.95. The van der Waals surface area contributed by atoms with E-state index in [-0.39, 0.29) is 0 Å². The molecule has 0 radical (unpaired) electrons. The lowest BCUT2D eigenvalue weighted by Crippen LogP contribution is -2.11. The van der Waals surface area contributed by atoms with E-state index >= 15 is 0 Å². The van der Waals surface area contributed by atoms with E-state index in [9.17, 15) is 0 Å². The largest absolute Gasteiger partial charge is 0.454 e. The number of rotatable bonds is 8. The molecule has 6 aromatic carbocycles. The first-order valence-electron chi connectivity index (χ1n) is 17.4. The van der Waals surface area contributed by atoms with Crippen molar-refractivity contribution in [3.8, 4) is 11.5 Å². The average Bonchev–Trinajstić information content (AvgIpc) is 3.79. The lowest BCUT2D eigenvalue weighted by Gasteiger charge is -2.26. The number of nitrogens with zero attached hydrogens (tertiary/aromatic N) is 4. The van der Waals surface area contributed by atoms with Gasteiger partial charge in [-0.3, -0.25) is 9.80 Å². The van der Waals surface area contributed by atoms with Gasteiger partial charge in [0.25, 0.3) is 0 Å². The summed E-state index contributed by atoms with van der Waals surface area (Å²) < 4.78 is 11.9. The van der Waals surface area contributed by atoms with Gasteiger partial charge in [0.05, 0.1) is 20.8 Å². The summed E-state index contributed by atoms with van der Waals surface area (Å²) in [5.74, 6) is 3.23. The van der Waals surface area contributed by atoms with Crippen LogP contribution in [0.1, 0.15) is 0 Å². The molecular formula is C46H30N4OS2. The predicted molar refractivity (Wildman–Crippen MR) is 224 cm³/mol. The van der Waals surface area contributed by atoms with Crippen molar-refractivity contribution in [1.82, 2.24) is 9.97 Å². The minimum Gasteiger partial charge on any atom is -0.454 e. The van der Waals surface area contributed by atoms with Gasteiger partial charge < -0.3 is 4.74 Å². The molecule has 0 saturated carbocycles. The first-order chi connectivity index (χ1) is 26.3. The summed E-state index contributed by atoms with van der Waals surface area (Å²) in [4.78, 5) is 14.0. The molecular weight excluding hydrogens is 689 g/mol. The number of pyridine rings is 2. The van der Waals surface area contributed by atoms with Crippen LogP contribution in [0.2, 0.25) is 0 Å². The third-order valence-corrected chi connectivity index (χ3v) is 11.8. The smallest absolute Gasteiger partial charge is 0.147 e. The minimum absolute atomic E-state index is 0.788. The molecule has 0 unspecified atom stereocenters. The molecule has 0 atom stereocenters. The van der Waals surface area contributed by atoms with Gasteiger partial charge in [-0.25, -0.2) is 9.97 Å². The van der Waals surface area contributed by atoms with Crippen LogP contribution in [0.15, 0.2) is 182 Å². The number of para-hydroxylation sites is 2. The predicted octanol–water partition coefficient (Wildman–Crippen LogP) is 13.9. The number of anilines is 6. The lowest BCUT2D eigenvalue weighted by molar-refractivity contribution is 0.496. The summed E-state index contributed by atoms with van der Waals surface area (Å²) in [5, 5.41) is 4.66. The summed E-state index contributed by atoms with van der Waals surface area (Å²) in [6, 6.07) is 58.9. The van der Waals surface area contributed by atoms with Crippen molar-refractivity contribution in [2.45, 2.75) is 0 Å². The summed E-state index contributed by atoms with van der Waals surface area (Å²) in [7, 11) is 0. The molecule has 0 aliphatic carbocycles. The summed E-state index contributed by atoms with van der Waals surface area (Å²) in [6.07, 6.45) is 3.68. The van der Waals surface area contributed by atoms with E-state index in [0.717, 1.165) is 66.1 Å². The van der Waals surface area contributed by atoms with Crippen LogP contribution in [0.5, 0.6) is 11.5 Å². The highest BCUT2D eigenvalue weighted by atomic mass is 32.1. The highest BCUT2D eigenvalue weighted by molar-refractivity contribution is 7.26. The number of aromatic nitrogens is 2. The van der Waals surface area contributed by atoms with Crippen molar-refractivity contribution in [2.75, 3.05) is 9.80 Å². The second-order valence-corrected chi connectivity index (χ2v) is 14.8. The van der Waals surface area contributed by atoms with Gasteiger partial charge >= 0.3 is 0 Å². The standard InChI is InChI=1S/C46H30N4OS2/c1-3-15-31(16-4-1)49(43-23-11-13-25-47-43)33-27-37-35-19-7-9-21-41(35)52-45(37)39(29-33)51-40-30-34(28-38-36-20-8-10-22-42(36)53-46(38)40)50(32-17-5-2-6-18-32)44-24-12-14-26-48-44/h1-30H. The minimum atomic E-state index is 0.788. The molecule has 0 N–H and O–H groups in total. The Labute approximate surface area is 314 Å². The van der Waals surface area contributed by atoms with Crippen LogP contribution in [0.4, 0.5) is 34.4 Å². The zero-order valence-electron chi connectivity index (χ0n) is 28.3. The van der Waals surface area contributed by atoms with Crippen molar-refractivity contribution < 1.29 is 4.74 Å². The van der Waals surface area contributed by atoms with Crippen LogP contribution in [0, 0.1) is 0 Å². The number of hydrogen-bond donors (Lipinski definition) is 0. The molecule has 0 aliphatic rings. The van der Waals surface area contributed by atoms with Gasteiger partial charge in [0, 0.05) is 66.8 Å². The molecule has 0 aliphatic heterocycles. The summed E-state index contributed by atoms with van der Waals surface area (Å²) in [6.45, 7) is 0. The quantitative estimate of drug-likeness (QED) is 0.156. The Balaban J connectivity index is 1.23. The van der Waals surface area contributed by atoms with E-state index in [2.05, 4.69) is 131 Å². The zero-order chi connectivity index (χ0) is 35.1. The number of ether oxygens (including phenoxy) is 1. The van der Waals surface area contributed by atoms with Crippen molar-refractivity contribution in [3.63, 3.8) is 0 Å². The van der Waals surface area contributed by atoms with Crippen LogP contribution >= 0.6 is 22.7 Å². The number of thiophene rings is 2. The second-order valence-electron chi connectivity index (χ2n) is 12.7. The Morgan fingerprint density at radius 1 is 0.377 bits per heavy atom. The van der Waals surface area contributed by atoms with Crippen molar-refractivity contribution >= 4 is 97.4 Å². The maximum atomic E-state index is 7.32. The van der Waals surface area contributed by atoms with Gasteiger partial charge in [-0.1, -0.05) is 84.9 Å². The third-order valence-electron chi connectivity index (χ3n) is 9.38. The molecule has 5 nitrogen and oxygen atoms in total. The van der Waals surface area contributed by atoms with E-state index in [1.807, 2.05) is 60.9 Å². The molecule has 0 saturated heterocycles. The molecule has 7 heteroatoms. The van der Waals surface area contributed by atoms with E-state index < -0.39 is 0 Å². The van der Waals surface area contributed by atoms with Crippen LogP contribution < -0.4 is 14.5 Å². The van der Waals surface area contributed by atoms with Gasteiger partial charge in [-0.15, -0.1) is 22.7 Å². The van der Waals surface area contributed by atoms with E-state index in [1.54, 1.807) is 22.7 Å². The van der Waals surface area contributed by atoms with Gasteiger partial charge in [0.2, 0.25) is 0 Å². The SMILES string of the molecule is c1ccc(N(c2cc(Oc3cc(N(c4ccccc4)c4ccccn4)cc4c3sc3ccccc34)c3sc4ccccc4c3c2)c2ccccn2)cc1. The van der Waals surface area contributed by atoms with Crippen LogP contribution in [-0.2, 0) is 0 Å². The van der Waals surface area contributed by atoms with Crippen LogP contribution in [0.25, 0.3) is 40.3 Å². The van der Waals surface area contributed by atoms with Gasteiger partial charge in [-0.05, 0) is 72.8 Å². The molecule has 4 heterocycles. The second kappa shape index (κ2) is 13.2. The third kappa shape index (κ3) is 5.63. The van der Waals surface area contributed by atoms with E-state index in [4.69, 9.17) is 14.7 Å². The monoisotopic (exact) mass is 718 g/mol. The van der Waals surface area contributed by atoms with Crippen molar-refractivity contribution in [2.24, 2.45) is 0 Å². The first-order valence-corrected chi connectivity index (χ1v) is 19.0. The Bertz CT molecular complexity index is 2600. The van der Waals surface area contributed by atoms with Crippen LogP contribution in [-0.4, -0.2) is 9.97 Å². The molecule has 10 aromatic rings. The maximum absolute atomic E-state index is 7.32. The zero-order valence-corrected chi connectivity index (χ0v) is 30.0. The highest BCUT2D eigenvalue weighted by Gasteiger charge is 2.23. The normalized spacial score (nSPS) is 11.4. The molecule has 0 bridgehead atoms. The highest BCUT2D eigenvalue weighted by Crippen LogP contribution is 2.50. The van der Waals surface area contributed by atoms with E-state index in [0.29, 0.717) is 0 Å². The number of fused-ring (bicyclic) bond motifs is 6. The fourth-order valence-corrected chi connectivity index (χ4v) is 9.31. The molecule has 252 valence electrons. The van der Waals surface area contributed by atoms with E-state index in [1.165, 1.54) is 20.2 Å². The Morgan fingerprint density at radius 3 is 1.23 bits per heavy atom. The van der Waals surface area contributed by atoms with Gasteiger partial charge in [0.1, 0.15) is 23.1 Å².